The van der Waals surface area contributed by atoms with Crippen molar-refractivity contribution in [3.8, 4) is 0 Å². The molecule has 0 radical (unpaired) electrons. The molecule has 2 aliphatic rings. The van der Waals surface area contributed by atoms with Gasteiger partial charge < -0.3 is 19.8 Å². The van der Waals surface area contributed by atoms with Crippen LogP contribution in [0, 0.1) is 11.8 Å². The number of fused-ring (bicyclic) bond motifs is 1. The first-order valence-corrected chi connectivity index (χ1v) is 8.46. The first-order valence-electron chi connectivity index (χ1n) is 8.46. The molecule has 1 unspecified atom stereocenters. The number of imidazole rings is 1. The zero-order valence-electron chi connectivity index (χ0n) is 13.2. The summed E-state index contributed by atoms with van der Waals surface area (Å²) in [6.45, 7) is 2.58. The monoisotopic (exact) mass is 317 g/mol. The van der Waals surface area contributed by atoms with Crippen LogP contribution in [0.5, 0.6) is 0 Å². The standard InChI is InChI=1S/C16H23N5O2/c17-15-14-16(19-9-18-15)21(10-20-14)8-12-7-11(12)4-6-23-13-3-1-2-5-22-13/h9-13H,1-8H2,(H2,17,18,19)/t11-,12-,13?/m0/s1. The summed E-state index contributed by atoms with van der Waals surface area (Å²) in [5.41, 5.74) is 7.35. The van der Waals surface area contributed by atoms with Crippen molar-refractivity contribution in [3.63, 3.8) is 0 Å². The van der Waals surface area contributed by atoms with E-state index in [0.717, 1.165) is 50.6 Å². The number of aromatic nitrogens is 4. The normalized spacial score (nSPS) is 27.4. The summed E-state index contributed by atoms with van der Waals surface area (Å²) in [4.78, 5) is 12.6. The van der Waals surface area contributed by atoms with Crippen LogP contribution in [0.3, 0.4) is 0 Å². The zero-order valence-corrected chi connectivity index (χ0v) is 13.2. The van der Waals surface area contributed by atoms with Crippen LogP contribution in [0.4, 0.5) is 5.82 Å². The molecule has 0 spiro atoms. The fraction of sp³-hybridized carbons (Fsp3) is 0.688. The maximum atomic E-state index is 5.82. The highest BCUT2D eigenvalue weighted by Gasteiger charge is 2.37. The number of nitrogens with two attached hydrogens (primary N) is 1. The van der Waals surface area contributed by atoms with Gasteiger partial charge in [-0.05, 0) is 43.9 Å². The van der Waals surface area contributed by atoms with Gasteiger partial charge in [-0.2, -0.15) is 0 Å². The summed E-state index contributed by atoms with van der Waals surface area (Å²) in [6.07, 6.45) is 9.11. The molecule has 7 heteroatoms. The second kappa shape index (κ2) is 6.41. The van der Waals surface area contributed by atoms with Crippen molar-refractivity contribution in [1.82, 2.24) is 19.5 Å². The molecule has 2 N–H and O–H groups in total. The first-order chi connectivity index (χ1) is 11.3. The molecule has 1 saturated carbocycles. The van der Waals surface area contributed by atoms with Gasteiger partial charge in [0.2, 0.25) is 0 Å². The highest BCUT2D eigenvalue weighted by molar-refractivity contribution is 5.81. The van der Waals surface area contributed by atoms with Crippen LogP contribution >= 0.6 is 0 Å². The summed E-state index contributed by atoms with van der Waals surface area (Å²) in [5, 5.41) is 0. The number of rotatable bonds is 6. The van der Waals surface area contributed by atoms with Gasteiger partial charge in [0.15, 0.2) is 17.8 Å². The second-order valence-corrected chi connectivity index (χ2v) is 6.54. The minimum Gasteiger partial charge on any atom is -0.382 e. The lowest BCUT2D eigenvalue weighted by atomic mass is 10.2. The molecular weight excluding hydrogens is 294 g/mol. The van der Waals surface area contributed by atoms with Crippen molar-refractivity contribution in [2.75, 3.05) is 18.9 Å². The third kappa shape index (κ3) is 3.30. The molecular formula is C16H23N5O2. The van der Waals surface area contributed by atoms with E-state index in [0.29, 0.717) is 17.3 Å². The topological polar surface area (TPSA) is 88.1 Å². The Hall–Kier alpha value is -1.73. The maximum Gasteiger partial charge on any atom is 0.165 e. The largest absolute Gasteiger partial charge is 0.382 e. The molecule has 7 nitrogen and oxygen atoms in total. The number of nitrogens with zero attached hydrogens (tertiary/aromatic N) is 4. The number of nitrogen functional groups attached to an aromatic ring is 1. The Morgan fingerprint density at radius 2 is 2.22 bits per heavy atom. The molecule has 0 bridgehead atoms. The van der Waals surface area contributed by atoms with Gasteiger partial charge in [0.05, 0.1) is 12.9 Å². The van der Waals surface area contributed by atoms with E-state index in [1.165, 1.54) is 19.2 Å². The molecule has 0 aromatic carbocycles. The van der Waals surface area contributed by atoms with Crippen LogP contribution < -0.4 is 5.73 Å². The third-order valence-corrected chi connectivity index (χ3v) is 4.86. The van der Waals surface area contributed by atoms with Crippen LogP contribution in [0.25, 0.3) is 11.2 Å². The van der Waals surface area contributed by atoms with Gasteiger partial charge in [-0.1, -0.05) is 0 Å². The lowest BCUT2D eigenvalue weighted by Crippen LogP contribution is -2.22. The molecule has 23 heavy (non-hydrogen) atoms. The Bertz CT molecular complexity index is 668. The highest BCUT2D eigenvalue weighted by Crippen LogP contribution is 2.42. The van der Waals surface area contributed by atoms with E-state index in [1.54, 1.807) is 0 Å². The van der Waals surface area contributed by atoms with Crippen LogP contribution in [-0.2, 0) is 16.0 Å². The van der Waals surface area contributed by atoms with Crippen molar-refractivity contribution in [2.45, 2.75) is 44.9 Å². The van der Waals surface area contributed by atoms with Gasteiger partial charge in [0.1, 0.15) is 11.8 Å². The zero-order chi connectivity index (χ0) is 15.6. The first kappa shape index (κ1) is 14.8. The van der Waals surface area contributed by atoms with E-state index in [4.69, 9.17) is 15.2 Å². The molecule has 124 valence electrons. The van der Waals surface area contributed by atoms with E-state index >= 15 is 0 Å². The van der Waals surface area contributed by atoms with E-state index in [1.807, 2.05) is 6.33 Å². The molecule has 2 aromatic rings. The molecule has 2 aromatic heterocycles. The second-order valence-electron chi connectivity index (χ2n) is 6.54. The smallest absolute Gasteiger partial charge is 0.165 e. The van der Waals surface area contributed by atoms with Crippen LogP contribution in [-0.4, -0.2) is 39.0 Å². The summed E-state index contributed by atoms with van der Waals surface area (Å²) >= 11 is 0. The predicted octanol–water partition coefficient (Wildman–Crippen LogP) is 1.98. The van der Waals surface area contributed by atoms with E-state index in [9.17, 15) is 0 Å². The summed E-state index contributed by atoms with van der Waals surface area (Å²) in [5.74, 6) is 1.86. The van der Waals surface area contributed by atoms with E-state index in [-0.39, 0.29) is 6.29 Å². The average molecular weight is 317 g/mol. The number of ether oxygens (including phenoxy) is 2. The fourth-order valence-corrected chi connectivity index (χ4v) is 3.37. The molecule has 2 fully saturated rings. The van der Waals surface area contributed by atoms with Crippen LogP contribution in [0.15, 0.2) is 12.7 Å². The van der Waals surface area contributed by atoms with E-state index in [2.05, 4.69) is 19.5 Å². The summed E-state index contributed by atoms with van der Waals surface area (Å²) in [7, 11) is 0. The fourth-order valence-electron chi connectivity index (χ4n) is 3.37. The Kier molecular flexibility index (Phi) is 4.13. The van der Waals surface area contributed by atoms with Crippen LogP contribution in [0.2, 0.25) is 0 Å². The van der Waals surface area contributed by atoms with Crippen LogP contribution in [0.1, 0.15) is 32.1 Å². The van der Waals surface area contributed by atoms with Crippen molar-refractivity contribution < 1.29 is 9.47 Å². The third-order valence-electron chi connectivity index (χ3n) is 4.86. The van der Waals surface area contributed by atoms with Gasteiger partial charge in [-0.15, -0.1) is 0 Å². The van der Waals surface area contributed by atoms with Gasteiger partial charge in [-0.3, -0.25) is 0 Å². The maximum absolute atomic E-state index is 5.82. The molecule has 1 aliphatic carbocycles. The minimum absolute atomic E-state index is 0.0261. The van der Waals surface area contributed by atoms with Gasteiger partial charge in [0.25, 0.3) is 0 Å². The Labute approximate surface area is 135 Å². The molecule has 1 saturated heterocycles. The minimum atomic E-state index is 0.0261. The molecule has 4 rings (SSSR count). The molecule has 1 aliphatic heterocycles. The van der Waals surface area contributed by atoms with Crippen molar-refractivity contribution in [2.24, 2.45) is 11.8 Å². The van der Waals surface area contributed by atoms with Gasteiger partial charge in [-0.25, -0.2) is 15.0 Å². The number of anilines is 1. The molecule has 3 heterocycles. The quantitative estimate of drug-likeness (QED) is 0.876. The van der Waals surface area contributed by atoms with Crippen molar-refractivity contribution in [1.29, 1.82) is 0 Å². The number of hydrogen-bond acceptors (Lipinski definition) is 6. The molecule has 3 atom stereocenters. The predicted molar refractivity (Wildman–Crippen MR) is 85.5 cm³/mol. The Morgan fingerprint density at radius 3 is 3.09 bits per heavy atom. The van der Waals surface area contributed by atoms with Gasteiger partial charge >= 0.3 is 0 Å². The lowest BCUT2D eigenvalue weighted by molar-refractivity contribution is -0.163. The Morgan fingerprint density at radius 1 is 1.26 bits per heavy atom. The summed E-state index contributed by atoms with van der Waals surface area (Å²) in [6, 6.07) is 0. The number of hydrogen-bond donors (Lipinski definition) is 1. The average Bonchev–Trinajstić information content (AvgIpc) is 3.17. The highest BCUT2D eigenvalue weighted by atomic mass is 16.7. The molecule has 0 amide bonds. The van der Waals surface area contributed by atoms with Gasteiger partial charge in [0, 0.05) is 13.2 Å². The SMILES string of the molecule is Nc1ncnc2c1ncn2C[C@@H]1C[C@@H]1CCOC1CCCCO1. The van der Waals surface area contributed by atoms with E-state index < -0.39 is 0 Å². The van der Waals surface area contributed by atoms with Crippen molar-refractivity contribution >= 4 is 17.0 Å². The van der Waals surface area contributed by atoms with Crippen molar-refractivity contribution in [3.05, 3.63) is 12.7 Å². The lowest BCUT2D eigenvalue weighted by Gasteiger charge is -2.22. The Balaban J connectivity index is 1.25. The summed E-state index contributed by atoms with van der Waals surface area (Å²) < 4.78 is 13.5.